The summed E-state index contributed by atoms with van der Waals surface area (Å²) in [5.41, 5.74) is 1.22. The molecule has 0 aliphatic carbocycles. The predicted octanol–water partition coefficient (Wildman–Crippen LogP) is 2.64. The van der Waals surface area contributed by atoms with Crippen LogP contribution in [0.4, 0.5) is 0 Å². The van der Waals surface area contributed by atoms with E-state index >= 15 is 0 Å². The summed E-state index contributed by atoms with van der Waals surface area (Å²) in [6.45, 7) is 9.85. The molecule has 1 aliphatic rings. The van der Waals surface area contributed by atoms with Crippen LogP contribution in [0.2, 0.25) is 0 Å². The number of carbonyl (C=O) groups is 1. The maximum Gasteiger partial charge on any atom is 0.243 e. The van der Waals surface area contributed by atoms with Gasteiger partial charge < -0.3 is 15.5 Å². The predicted molar refractivity (Wildman–Crippen MR) is 116 cm³/mol. The fraction of sp³-hybridized carbons (Fsp3) is 0.636. The van der Waals surface area contributed by atoms with Gasteiger partial charge in [-0.1, -0.05) is 36.8 Å². The molecule has 1 aromatic rings. The zero-order chi connectivity index (χ0) is 20.6. The average molecular weight is 388 g/mol. The van der Waals surface area contributed by atoms with Crippen molar-refractivity contribution in [3.8, 4) is 0 Å². The molecule has 6 heteroatoms. The van der Waals surface area contributed by atoms with Crippen molar-refractivity contribution in [3.63, 3.8) is 0 Å². The number of carbonyl (C=O) groups excluding carboxylic acids is 1. The molecule has 0 radical (unpaired) electrons. The molecule has 1 saturated heterocycles. The number of hydrogen-bond donors (Lipinski definition) is 2. The van der Waals surface area contributed by atoms with Crippen LogP contribution in [-0.4, -0.2) is 67.5 Å². The molecule has 6 nitrogen and oxygen atoms in total. The zero-order valence-corrected chi connectivity index (χ0v) is 18.2. The summed E-state index contributed by atoms with van der Waals surface area (Å²) in [6.07, 6.45) is 3.87. The number of amides is 1. The minimum Gasteiger partial charge on any atom is -0.355 e. The maximum atomic E-state index is 12.0. The van der Waals surface area contributed by atoms with Crippen LogP contribution in [0, 0.1) is 0 Å². The van der Waals surface area contributed by atoms with E-state index in [-0.39, 0.29) is 24.0 Å². The highest BCUT2D eigenvalue weighted by molar-refractivity contribution is 5.85. The van der Waals surface area contributed by atoms with E-state index in [1.807, 2.05) is 18.2 Å². The molecule has 1 atom stereocenters. The molecule has 1 heterocycles. The summed E-state index contributed by atoms with van der Waals surface area (Å²) in [5, 5.41) is 6.93. The Hall–Kier alpha value is -2.08. The van der Waals surface area contributed by atoms with Gasteiger partial charge in [-0.3, -0.25) is 9.69 Å². The number of benzene rings is 1. The van der Waals surface area contributed by atoms with Crippen LogP contribution in [0.3, 0.4) is 0 Å². The number of nitrogens with zero attached hydrogens (tertiary/aromatic N) is 3. The van der Waals surface area contributed by atoms with E-state index in [4.69, 9.17) is 0 Å². The summed E-state index contributed by atoms with van der Waals surface area (Å²) >= 11 is 0. The highest BCUT2D eigenvalue weighted by Gasteiger charge is 2.28. The Kier molecular flexibility index (Phi) is 8.30. The third-order valence-corrected chi connectivity index (χ3v) is 5.42. The molecule has 28 heavy (non-hydrogen) atoms. The van der Waals surface area contributed by atoms with E-state index in [1.54, 1.807) is 19.0 Å². The van der Waals surface area contributed by atoms with E-state index < -0.39 is 0 Å². The lowest BCUT2D eigenvalue weighted by Gasteiger charge is -2.41. The largest absolute Gasteiger partial charge is 0.355 e. The van der Waals surface area contributed by atoms with Gasteiger partial charge in [-0.15, -0.1) is 0 Å². The Morgan fingerprint density at radius 3 is 2.43 bits per heavy atom. The Morgan fingerprint density at radius 1 is 1.18 bits per heavy atom. The molecule has 1 aromatic carbocycles. The molecule has 156 valence electrons. The Morgan fingerprint density at radius 2 is 1.82 bits per heavy atom. The number of rotatable bonds is 7. The summed E-state index contributed by atoms with van der Waals surface area (Å²) < 4.78 is 0. The van der Waals surface area contributed by atoms with Crippen LogP contribution in [0.25, 0.3) is 0 Å². The van der Waals surface area contributed by atoms with Crippen molar-refractivity contribution in [1.82, 2.24) is 20.4 Å². The number of piperidine rings is 1. The van der Waals surface area contributed by atoms with Gasteiger partial charge >= 0.3 is 0 Å². The second kappa shape index (κ2) is 10.5. The minimum atomic E-state index is -0.0104. The van der Waals surface area contributed by atoms with Crippen LogP contribution < -0.4 is 10.6 Å². The zero-order valence-electron chi connectivity index (χ0n) is 18.2. The maximum absolute atomic E-state index is 12.0. The molecule has 0 saturated carbocycles. The first-order chi connectivity index (χ1) is 13.3. The van der Waals surface area contributed by atoms with E-state index in [9.17, 15) is 4.79 Å². The highest BCUT2D eigenvalue weighted by atomic mass is 16.2. The third kappa shape index (κ3) is 6.82. The lowest BCUT2D eigenvalue weighted by molar-refractivity contribution is -0.127. The molecule has 1 fully saturated rings. The second-order valence-electron chi connectivity index (χ2n) is 8.44. The fourth-order valence-electron chi connectivity index (χ4n) is 3.38. The van der Waals surface area contributed by atoms with Gasteiger partial charge in [0.05, 0.1) is 6.04 Å². The second-order valence-corrected chi connectivity index (χ2v) is 8.44. The van der Waals surface area contributed by atoms with Gasteiger partial charge in [0.1, 0.15) is 6.54 Å². The lowest BCUT2D eigenvalue weighted by atomic mass is 9.98. The minimum absolute atomic E-state index is 0.0104. The lowest BCUT2D eigenvalue weighted by Crippen LogP contribution is -2.55. The van der Waals surface area contributed by atoms with Gasteiger partial charge in [0, 0.05) is 26.2 Å². The quantitative estimate of drug-likeness (QED) is 0.558. The monoisotopic (exact) mass is 387 g/mol. The van der Waals surface area contributed by atoms with Crippen molar-refractivity contribution >= 4 is 11.9 Å². The van der Waals surface area contributed by atoms with Crippen LogP contribution in [0.1, 0.15) is 51.6 Å². The molecule has 1 amide bonds. The Balaban J connectivity index is 2.04. The molecule has 0 aromatic heterocycles. The summed E-state index contributed by atoms with van der Waals surface area (Å²) in [6, 6.07) is 10.4. The molecule has 1 unspecified atom stereocenters. The number of aliphatic imine (C=N–C) groups is 1. The van der Waals surface area contributed by atoms with Crippen LogP contribution in [-0.2, 0) is 4.79 Å². The van der Waals surface area contributed by atoms with Crippen LogP contribution >= 0.6 is 0 Å². The average Bonchev–Trinajstić information content (AvgIpc) is 2.70. The Labute approximate surface area is 170 Å². The van der Waals surface area contributed by atoms with Gasteiger partial charge in [0.25, 0.3) is 0 Å². The number of nitrogens with one attached hydrogen (secondary N) is 2. The topological polar surface area (TPSA) is 60.0 Å². The number of guanidine groups is 1. The van der Waals surface area contributed by atoms with E-state index in [2.05, 4.69) is 53.4 Å². The van der Waals surface area contributed by atoms with Crippen molar-refractivity contribution in [3.05, 3.63) is 35.9 Å². The number of likely N-dealkylation sites (N-methyl/N-ethyl adjacent to an activating group) is 1. The van der Waals surface area contributed by atoms with Gasteiger partial charge in [0.15, 0.2) is 5.96 Å². The summed E-state index contributed by atoms with van der Waals surface area (Å²) in [4.78, 5) is 20.7. The number of hydrogen-bond acceptors (Lipinski definition) is 3. The first-order valence-corrected chi connectivity index (χ1v) is 10.3. The molecular weight excluding hydrogens is 350 g/mol. The van der Waals surface area contributed by atoms with Crippen molar-refractivity contribution in [1.29, 1.82) is 0 Å². The van der Waals surface area contributed by atoms with Crippen LogP contribution in [0.5, 0.6) is 0 Å². The van der Waals surface area contributed by atoms with Crippen molar-refractivity contribution < 1.29 is 4.79 Å². The summed E-state index contributed by atoms with van der Waals surface area (Å²) in [7, 11) is 3.51. The van der Waals surface area contributed by atoms with Crippen molar-refractivity contribution in [2.24, 2.45) is 4.99 Å². The SMILES string of the molecule is CC(NC(=NCC(=O)N(C)C)NCC(C)(C)N1CCCCC1)c1ccccc1. The standard InChI is InChI=1S/C22H37N5O/c1-18(19-12-8-6-9-13-19)25-21(23-16-20(28)26(4)5)24-17-22(2,3)27-14-10-7-11-15-27/h6,8-9,12-13,18H,7,10-11,14-17H2,1-5H3,(H2,23,24,25). The van der Waals surface area contributed by atoms with Gasteiger partial charge in [-0.05, 0) is 52.3 Å². The van der Waals surface area contributed by atoms with E-state index in [0.717, 1.165) is 19.6 Å². The Bertz CT molecular complexity index is 636. The molecular formula is C22H37N5O. The van der Waals surface area contributed by atoms with Gasteiger partial charge in [-0.25, -0.2) is 4.99 Å². The van der Waals surface area contributed by atoms with Crippen LogP contribution in [0.15, 0.2) is 35.3 Å². The fourth-order valence-corrected chi connectivity index (χ4v) is 3.38. The van der Waals surface area contributed by atoms with E-state index in [1.165, 1.54) is 24.8 Å². The molecule has 1 aliphatic heterocycles. The van der Waals surface area contributed by atoms with E-state index in [0.29, 0.717) is 5.96 Å². The summed E-state index contributed by atoms with van der Waals surface area (Å²) in [5.74, 6) is 0.667. The molecule has 0 bridgehead atoms. The normalized spacial score (nSPS) is 17.1. The van der Waals surface area contributed by atoms with Gasteiger partial charge in [0.2, 0.25) is 5.91 Å². The molecule has 2 rings (SSSR count). The van der Waals surface area contributed by atoms with Crippen molar-refractivity contribution in [2.75, 3.05) is 40.3 Å². The first kappa shape index (κ1) is 22.2. The van der Waals surface area contributed by atoms with Gasteiger partial charge in [-0.2, -0.15) is 0 Å². The smallest absolute Gasteiger partial charge is 0.243 e. The highest BCUT2D eigenvalue weighted by Crippen LogP contribution is 2.20. The van der Waals surface area contributed by atoms with Crippen molar-refractivity contribution in [2.45, 2.75) is 51.6 Å². The molecule has 2 N–H and O–H groups in total. The third-order valence-electron chi connectivity index (χ3n) is 5.42. The number of likely N-dealkylation sites (tertiary alicyclic amines) is 1. The first-order valence-electron chi connectivity index (χ1n) is 10.3. The molecule has 0 spiro atoms.